The first-order chi connectivity index (χ1) is 5.52. The van der Waals surface area contributed by atoms with Crippen LogP contribution in [0.2, 0.25) is 0 Å². The fourth-order valence-electron chi connectivity index (χ4n) is 1.26. The number of carboxylic acid groups (broad SMARTS) is 1. The van der Waals surface area contributed by atoms with Crippen molar-refractivity contribution in [2.24, 2.45) is 0 Å². The van der Waals surface area contributed by atoms with Crippen molar-refractivity contribution in [2.45, 2.75) is 18.6 Å². The Labute approximate surface area is 76.7 Å². The number of nitrogens with one attached hydrogen (secondary N) is 2. The maximum Gasteiger partial charge on any atom is 0.359 e. The van der Waals surface area contributed by atoms with Gasteiger partial charge in [-0.25, -0.2) is 10.2 Å². The van der Waals surface area contributed by atoms with E-state index in [-0.39, 0.29) is 18.2 Å². The number of carbonyl (C=O) groups is 1. The number of hydrogen-bond donors (Lipinski definition) is 3. The molecule has 12 heavy (non-hydrogen) atoms. The van der Waals surface area contributed by atoms with Crippen LogP contribution in [0.3, 0.4) is 0 Å². The molecule has 70 valence electrons. The molecule has 5 nitrogen and oxygen atoms in total. The highest BCUT2D eigenvalue weighted by molar-refractivity contribution is 7.59. The van der Waals surface area contributed by atoms with Gasteiger partial charge in [0, 0.05) is 19.5 Å². The van der Waals surface area contributed by atoms with E-state index in [0.717, 1.165) is 4.90 Å². The molecule has 1 rings (SSSR count). The lowest BCUT2D eigenvalue weighted by Crippen LogP contribution is -3.18. The number of aliphatic carboxylic acids is 1. The molecule has 1 aliphatic rings. The minimum atomic E-state index is -0.816. The number of quaternary nitrogens is 1. The van der Waals surface area contributed by atoms with Gasteiger partial charge in [-0.3, -0.25) is 0 Å². The van der Waals surface area contributed by atoms with Crippen molar-refractivity contribution in [2.75, 3.05) is 13.6 Å². The lowest BCUT2D eigenvalue weighted by atomic mass is 10.4. The summed E-state index contributed by atoms with van der Waals surface area (Å²) < 4.78 is 0. The third kappa shape index (κ3) is 1.89. The second-order valence-corrected chi connectivity index (χ2v) is 3.41. The Morgan fingerprint density at radius 1 is 1.83 bits per heavy atom. The zero-order valence-corrected chi connectivity index (χ0v) is 7.89. The molecule has 3 atom stereocenters. The van der Waals surface area contributed by atoms with E-state index in [1.54, 1.807) is 0 Å². The summed E-state index contributed by atoms with van der Waals surface area (Å²) in [5.41, 5.74) is 2.73. The standard InChI is InChI=1S/C6H13N3O2S/c1-4-8(2)7-6(12)9(4)3-5(10)11/h4,6-7,12H,3H2,1-2H3,(H,10,11). The fraction of sp³-hybridized carbons (Fsp3) is 0.833. The summed E-state index contributed by atoms with van der Waals surface area (Å²) in [6.45, 7) is 2.00. The molecule has 0 aromatic heterocycles. The zero-order valence-electron chi connectivity index (χ0n) is 7.07. The molecule has 1 heterocycles. The van der Waals surface area contributed by atoms with Gasteiger partial charge in [0.1, 0.15) is 0 Å². The third-order valence-corrected chi connectivity index (χ3v) is 2.54. The van der Waals surface area contributed by atoms with Crippen LogP contribution < -0.4 is 10.3 Å². The molecule has 3 unspecified atom stereocenters. The average molecular weight is 191 g/mol. The minimum absolute atomic E-state index is 0.0622. The minimum Gasteiger partial charge on any atom is -0.709 e. The predicted molar refractivity (Wildman–Crippen MR) is 45.0 cm³/mol. The van der Waals surface area contributed by atoms with Crippen LogP contribution in [0, 0.1) is 0 Å². The topological polar surface area (TPSA) is 57.0 Å². The Kier molecular flexibility index (Phi) is 2.94. The number of hydrogen-bond acceptors (Lipinski definition) is 4. The lowest BCUT2D eigenvalue weighted by molar-refractivity contribution is -0.919. The van der Waals surface area contributed by atoms with Crippen LogP contribution in [-0.2, 0) is 17.4 Å². The molecule has 3 N–H and O–H groups in total. The Balaban J connectivity index is 2.57. The third-order valence-electron chi connectivity index (χ3n) is 2.13. The molecule has 6 heteroatoms. The first-order valence-corrected chi connectivity index (χ1v) is 4.21. The van der Waals surface area contributed by atoms with E-state index in [2.05, 4.69) is 5.43 Å². The van der Waals surface area contributed by atoms with Crippen molar-refractivity contribution in [3.05, 3.63) is 0 Å². The fourth-order valence-corrected chi connectivity index (χ4v) is 1.71. The van der Waals surface area contributed by atoms with Gasteiger partial charge >= 0.3 is 5.97 Å². The van der Waals surface area contributed by atoms with E-state index < -0.39 is 5.97 Å². The molecular formula is C6H13N3O2S. The average Bonchev–Trinajstić information content (AvgIpc) is 2.16. The molecule has 0 aromatic rings. The molecule has 0 bridgehead atoms. The molecule has 0 saturated carbocycles. The number of carboxylic acids is 1. The Bertz CT molecular complexity index is 190. The van der Waals surface area contributed by atoms with Gasteiger partial charge in [0.25, 0.3) is 0 Å². The smallest absolute Gasteiger partial charge is 0.359 e. The molecule has 0 radical (unpaired) electrons. The van der Waals surface area contributed by atoms with Crippen molar-refractivity contribution in [1.82, 2.24) is 10.4 Å². The van der Waals surface area contributed by atoms with Crippen LogP contribution in [0.4, 0.5) is 0 Å². The molecule has 1 fully saturated rings. The lowest BCUT2D eigenvalue weighted by Gasteiger charge is -2.25. The first-order valence-electron chi connectivity index (χ1n) is 3.74. The van der Waals surface area contributed by atoms with Gasteiger partial charge in [0.05, 0.1) is 0 Å². The van der Waals surface area contributed by atoms with E-state index in [4.69, 9.17) is 17.7 Å². The highest BCUT2D eigenvalue weighted by atomic mass is 32.1. The predicted octanol–water partition coefficient (Wildman–Crippen LogP) is -2.42. The Morgan fingerprint density at radius 3 is 2.75 bits per heavy atom. The largest absolute Gasteiger partial charge is 0.709 e. The molecular weight excluding hydrogens is 178 g/mol. The zero-order chi connectivity index (χ0) is 9.30. The van der Waals surface area contributed by atoms with E-state index in [1.165, 1.54) is 0 Å². The summed E-state index contributed by atoms with van der Waals surface area (Å²) >= 11 is 5.04. The molecule has 1 aliphatic heterocycles. The van der Waals surface area contributed by atoms with Crippen molar-refractivity contribution < 1.29 is 14.8 Å². The first kappa shape index (κ1) is 9.79. The van der Waals surface area contributed by atoms with Crippen LogP contribution >= 0.6 is 0 Å². The summed E-state index contributed by atoms with van der Waals surface area (Å²) in [7, 11) is 1.86. The summed E-state index contributed by atoms with van der Waals surface area (Å²) in [5, 5.41) is 10.4. The monoisotopic (exact) mass is 191 g/mol. The van der Waals surface area contributed by atoms with E-state index in [0.29, 0.717) is 0 Å². The number of hydrazine groups is 1. The molecule has 0 amide bonds. The van der Waals surface area contributed by atoms with Crippen molar-refractivity contribution in [1.29, 1.82) is 0 Å². The molecule has 0 aromatic carbocycles. The molecule has 0 spiro atoms. The van der Waals surface area contributed by atoms with Crippen molar-refractivity contribution in [3.63, 3.8) is 0 Å². The maximum atomic E-state index is 10.4. The van der Waals surface area contributed by atoms with E-state index in [9.17, 15) is 4.79 Å². The van der Waals surface area contributed by atoms with Gasteiger partial charge in [-0.15, -0.1) is 0 Å². The van der Waals surface area contributed by atoms with Crippen LogP contribution in [0.1, 0.15) is 6.92 Å². The van der Waals surface area contributed by atoms with Gasteiger partial charge in [-0.1, -0.05) is 0 Å². The van der Waals surface area contributed by atoms with Crippen molar-refractivity contribution >= 4 is 18.6 Å². The van der Waals surface area contributed by atoms with E-state index >= 15 is 0 Å². The second-order valence-electron chi connectivity index (χ2n) is 2.94. The van der Waals surface area contributed by atoms with Gasteiger partial charge in [-0.05, 0) is 0 Å². The summed E-state index contributed by atoms with van der Waals surface area (Å²) in [4.78, 5) is 11.3. The Hall–Kier alpha value is -0.300. The maximum absolute atomic E-state index is 10.4. The summed E-state index contributed by atoms with van der Waals surface area (Å²) in [6, 6.07) is 0. The SMILES string of the molecule is CC1N(C)NC([S-])[NH+]1CC(=O)O. The van der Waals surface area contributed by atoms with Gasteiger partial charge in [0.2, 0.25) is 0 Å². The number of rotatable bonds is 2. The van der Waals surface area contributed by atoms with Gasteiger partial charge in [0.15, 0.2) is 12.7 Å². The molecule has 1 saturated heterocycles. The number of nitrogens with zero attached hydrogens (tertiary/aromatic N) is 1. The van der Waals surface area contributed by atoms with Gasteiger partial charge < -0.3 is 22.6 Å². The highest BCUT2D eigenvalue weighted by Gasteiger charge is 2.32. The van der Waals surface area contributed by atoms with Gasteiger partial charge in [-0.2, -0.15) is 5.01 Å². The van der Waals surface area contributed by atoms with E-state index in [1.807, 2.05) is 19.0 Å². The quantitative estimate of drug-likeness (QED) is 0.424. The van der Waals surface area contributed by atoms with Crippen LogP contribution in [0.5, 0.6) is 0 Å². The second kappa shape index (κ2) is 3.61. The molecule has 0 aliphatic carbocycles. The normalized spacial score (nSPS) is 37.1. The van der Waals surface area contributed by atoms with Crippen molar-refractivity contribution in [3.8, 4) is 0 Å². The van der Waals surface area contributed by atoms with Crippen LogP contribution in [0.25, 0.3) is 0 Å². The van der Waals surface area contributed by atoms with Crippen LogP contribution in [-0.4, -0.2) is 41.3 Å². The Morgan fingerprint density at radius 2 is 2.42 bits per heavy atom. The highest BCUT2D eigenvalue weighted by Crippen LogP contribution is 1.90. The summed E-state index contributed by atoms with van der Waals surface area (Å²) in [6.07, 6.45) is 0.114. The summed E-state index contributed by atoms with van der Waals surface area (Å²) in [5.74, 6) is -0.816. The van der Waals surface area contributed by atoms with Crippen LogP contribution in [0.15, 0.2) is 0 Å².